The standard InChI is InChI=1S/C21H21N3O3S3/c1-26-9-8-24-20(25)17-14-5-2-3-6-15(14)30-19(17)23-21(24)29-12-13-11-27-18(22-13)16-7-4-10-28-16/h4,7,10-11H,2-3,5-6,8-9,12H2,1H3. The Morgan fingerprint density at radius 3 is 3.03 bits per heavy atom. The number of aromatic nitrogens is 3. The van der Waals surface area contributed by atoms with Crippen LogP contribution in [-0.2, 0) is 29.9 Å². The quantitative estimate of drug-likeness (QED) is 0.286. The van der Waals surface area contributed by atoms with E-state index < -0.39 is 0 Å². The number of nitrogens with zero attached hydrogens (tertiary/aromatic N) is 3. The fraction of sp³-hybridized carbons (Fsp3) is 0.381. The Morgan fingerprint density at radius 2 is 2.20 bits per heavy atom. The summed E-state index contributed by atoms with van der Waals surface area (Å²) in [6.45, 7) is 0.962. The van der Waals surface area contributed by atoms with E-state index in [0.717, 1.165) is 40.1 Å². The minimum Gasteiger partial charge on any atom is -0.444 e. The van der Waals surface area contributed by atoms with Crippen LogP contribution in [0.2, 0.25) is 0 Å². The van der Waals surface area contributed by atoms with Gasteiger partial charge in [-0.25, -0.2) is 9.97 Å². The normalized spacial score (nSPS) is 13.8. The van der Waals surface area contributed by atoms with Crippen molar-refractivity contribution in [2.45, 2.75) is 43.1 Å². The molecule has 0 bridgehead atoms. The summed E-state index contributed by atoms with van der Waals surface area (Å²) in [5, 5.41) is 3.53. The molecule has 0 saturated carbocycles. The maximum absolute atomic E-state index is 13.4. The Morgan fingerprint density at radius 1 is 1.30 bits per heavy atom. The highest BCUT2D eigenvalue weighted by atomic mass is 32.2. The molecule has 0 radical (unpaired) electrons. The number of ether oxygens (including phenoxy) is 1. The average Bonchev–Trinajstić information content (AvgIpc) is 3.50. The van der Waals surface area contributed by atoms with Crippen molar-refractivity contribution in [1.82, 2.24) is 14.5 Å². The second-order valence-electron chi connectivity index (χ2n) is 7.14. The van der Waals surface area contributed by atoms with E-state index in [1.807, 2.05) is 17.5 Å². The van der Waals surface area contributed by atoms with Gasteiger partial charge < -0.3 is 9.15 Å². The highest BCUT2D eigenvalue weighted by Crippen LogP contribution is 2.35. The van der Waals surface area contributed by atoms with Crippen LogP contribution in [0.3, 0.4) is 0 Å². The van der Waals surface area contributed by atoms with E-state index in [1.54, 1.807) is 40.6 Å². The molecule has 0 unspecified atom stereocenters. The Balaban J connectivity index is 1.47. The van der Waals surface area contributed by atoms with Gasteiger partial charge in [0.1, 0.15) is 11.1 Å². The van der Waals surface area contributed by atoms with E-state index in [0.29, 0.717) is 30.0 Å². The topological polar surface area (TPSA) is 70.2 Å². The van der Waals surface area contributed by atoms with Crippen molar-refractivity contribution in [3.63, 3.8) is 0 Å². The number of methoxy groups -OCH3 is 1. The first kappa shape index (κ1) is 20.0. The van der Waals surface area contributed by atoms with Crippen molar-refractivity contribution in [3.8, 4) is 10.8 Å². The highest BCUT2D eigenvalue weighted by molar-refractivity contribution is 7.98. The summed E-state index contributed by atoms with van der Waals surface area (Å²) in [6.07, 6.45) is 6.06. The molecule has 0 saturated heterocycles. The zero-order chi connectivity index (χ0) is 20.5. The molecule has 6 nitrogen and oxygen atoms in total. The van der Waals surface area contributed by atoms with Crippen molar-refractivity contribution < 1.29 is 9.15 Å². The maximum Gasteiger partial charge on any atom is 0.263 e. The van der Waals surface area contributed by atoms with Crippen LogP contribution in [0, 0.1) is 0 Å². The van der Waals surface area contributed by atoms with Gasteiger partial charge in [0, 0.05) is 17.7 Å². The third kappa shape index (κ3) is 3.75. The summed E-state index contributed by atoms with van der Waals surface area (Å²) < 4.78 is 12.6. The second-order valence-corrected chi connectivity index (χ2v) is 10.1. The highest BCUT2D eigenvalue weighted by Gasteiger charge is 2.22. The lowest BCUT2D eigenvalue weighted by Crippen LogP contribution is -2.25. The van der Waals surface area contributed by atoms with Gasteiger partial charge in [-0.1, -0.05) is 17.8 Å². The molecule has 156 valence electrons. The van der Waals surface area contributed by atoms with Gasteiger partial charge in [0.25, 0.3) is 5.56 Å². The molecule has 0 amide bonds. The Kier molecular flexibility index (Phi) is 5.77. The van der Waals surface area contributed by atoms with Crippen molar-refractivity contribution >= 4 is 44.7 Å². The fourth-order valence-electron chi connectivity index (χ4n) is 3.73. The van der Waals surface area contributed by atoms with Crippen LogP contribution in [0.1, 0.15) is 29.0 Å². The number of thioether (sulfide) groups is 1. The lowest BCUT2D eigenvalue weighted by Gasteiger charge is -2.13. The van der Waals surface area contributed by atoms with Crippen LogP contribution in [0.4, 0.5) is 0 Å². The van der Waals surface area contributed by atoms with Crippen LogP contribution in [0.25, 0.3) is 21.0 Å². The summed E-state index contributed by atoms with van der Waals surface area (Å²) in [7, 11) is 1.65. The molecule has 1 aliphatic carbocycles. The summed E-state index contributed by atoms with van der Waals surface area (Å²) >= 11 is 4.80. The van der Waals surface area contributed by atoms with E-state index in [-0.39, 0.29) is 5.56 Å². The van der Waals surface area contributed by atoms with E-state index in [1.165, 1.54) is 28.6 Å². The zero-order valence-corrected chi connectivity index (χ0v) is 19.0. The van der Waals surface area contributed by atoms with E-state index in [9.17, 15) is 4.79 Å². The fourth-order valence-corrected chi connectivity index (χ4v) is 6.60. The number of hydrogen-bond acceptors (Lipinski definition) is 8. The monoisotopic (exact) mass is 459 g/mol. The van der Waals surface area contributed by atoms with Crippen LogP contribution >= 0.6 is 34.4 Å². The Hall–Kier alpha value is -1.94. The first-order valence-electron chi connectivity index (χ1n) is 9.89. The second kappa shape index (κ2) is 8.66. The summed E-state index contributed by atoms with van der Waals surface area (Å²) in [5.74, 6) is 1.22. The van der Waals surface area contributed by atoms with E-state index in [2.05, 4.69) is 4.98 Å². The lowest BCUT2D eigenvalue weighted by atomic mass is 9.97. The molecule has 4 heterocycles. The molecular formula is C21H21N3O3S3. The Bertz CT molecular complexity index is 1220. The number of fused-ring (bicyclic) bond motifs is 3. The first-order valence-corrected chi connectivity index (χ1v) is 12.6. The third-order valence-corrected chi connectivity index (χ3v) is 8.25. The molecule has 30 heavy (non-hydrogen) atoms. The number of oxazole rings is 1. The zero-order valence-electron chi connectivity index (χ0n) is 16.6. The molecule has 0 aliphatic heterocycles. The number of rotatable bonds is 7. The van der Waals surface area contributed by atoms with Gasteiger partial charge in [0.15, 0.2) is 5.16 Å². The van der Waals surface area contributed by atoms with E-state index >= 15 is 0 Å². The van der Waals surface area contributed by atoms with Crippen molar-refractivity contribution in [2.24, 2.45) is 0 Å². The predicted molar refractivity (Wildman–Crippen MR) is 122 cm³/mol. The minimum atomic E-state index is 0.0541. The number of hydrogen-bond donors (Lipinski definition) is 0. The van der Waals surface area contributed by atoms with Crippen molar-refractivity contribution in [1.29, 1.82) is 0 Å². The first-order chi connectivity index (χ1) is 14.7. The van der Waals surface area contributed by atoms with Gasteiger partial charge >= 0.3 is 0 Å². The summed E-state index contributed by atoms with van der Waals surface area (Å²) in [4.78, 5) is 26.1. The van der Waals surface area contributed by atoms with Gasteiger partial charge in [-0.15, -0.1) is 22.7 Å². The van der Waals surface area contributed by atoms with Crippen LogP contribution < -0.4 is 5.56 Å². The molecule has 1 aliphatic rings. The molecule has 9 heteroatoms. The smallest absolute Gasteiger partial charge is 0.263 e. The molecule has 4 aromatic rings. The molecule has 0 fully saturated rings. The van der Waals surface area contributed by atoms with Crippen LogP contribution in [0.15, 0.2) is 38.1 Å². The van der Waals surface area contributed by atoms with Crippen LogP contribution in [-0.4, -0.2) is 28.3 Å². The van der Waals surface area contributed by atoms with Crippen LogP contribution in [0.5, 0.6) is 0 Å². The lowest BCUT2D eigenvalue weighted by molar-refractivity contribution is 0.183. The van der Waals surface area contributed by atoms with Crippen molar-refractivity contribution in [2.75, 3.05) is 13.7 Å². The SMILES string of the molecule is COCCn1c(SCc2coc(-c3cccs3)n2)nc2sc3c(c2c1=O)CCCC3. The largest absolute Gasteiger partial charge is 0.444 e. The Labute approximate surface area is 185 Å². The molecular weight excluding hydrogens is 438 g/mol. The van der Waals surface area contributed by atoms with Gasteiger partial charge in [-0.3, -0.25) is 9.36 Å². The molecule has 0 spiro atoms. The molecule has 0 aromatic carbocycles. The molecule has 0 N–H and O–H groups in total. The molecule has 4 aromatic heterocycles. The third-order valence-electron chi connectivity index (χ3n) is 5.19. The number of aryl methyl sites for hydroxylation is 2. The minimum absolute atomic E-state index is 0.0541. The van der Waals surface area contributed by atoms with Gasteiger partial charge in [0.05, 0.1) is 29.1 Å². The van der Waals surface area contributed by atoms with Gasteiger partial charge in [0.2, 0.25) is 5.89 Å². The maximum atomic E-state index is 13.4. The summed E-state index contributed by atoms with van der Waals surface area (Å²) in [6, 6.07) is 3.97. The predicted octanol–water partition coefficient (Wildman–Crippen LogP) is 4.99. The number of thiophene rings is 2. The van der Waals surface area contributed by atoms with Gasteiger partial charge in [-0.2, -0.15) is 0 Å². The van der Waals surface area contributed by atoms with Crippen molar-refractivity contribution in [3.05, 3.63) is 50.3 Å². The van der Waals surface area contributed by atoms with E-state index in [4.69, 9.17) is 14.1 Å². The van der Waals surface area contributed by atoms with Gasteiger partial charge in [-0.05, 0) is 42.7 Å². The summed E-state index contributed by atoms with van der Waals surface area (Å²) in [5.41, 5.74) is 2.11. The average molecular weight is 460 g/mol. The molecule has 0 atom stereocenters. The molecule has 5 rings (SSSR count).